The number of benzene rings is 2. The smallest absolute Gasteiger partial charge is 0.253 e. The van der Waals surface area contributed by atoms with Crippen LogP contribution >= 0.6 is 11.8 Å². The van der Waals surface area contributed by atoms with Gasteiger partial charge in [-0.1, -0.05) is 12.1 Å². The molecular formula is C23H31FN4OS. The van der Waals surface area contributed by atoms with E-state index in [1.165, 1.54) is 12.1 Å². The number of rotatable bonds is 10. The number of carbonyl (C=O) groups excluding carboxylic acids is 1. The minimum Gasteiger partial charge on any atom is -0.357 e. The van der Waals surface area contributed by atoms with Gasteiger partial charge in [0.05, 0.1) is 0 Å². The Hall–Kier alpha value is -2.54. The molecule has 0 aliphatic carbocycles. The number of thioether (sulfide) groups is 1. The minimum absolute atomic E-state index is 0.0122. The normalized spacial score (nSPS) is 11.3. The molecule has 0 atom stereocenters. The third kappa shape index (κ3) is 8.45. The molecule has 5 nitrogen and oxygen atoms in total. The highest BCUT2D eigenvalue weighted by molar-refractivity contribution is 7.99. The van der Waals surface area contributed by atoms with Crippen LogP contribution in [0.4, 0.5) is 4.39 Å². The lowest BCUT2D eigenvalue weighted by atomic mass is 10.1. The Morgan fingerprint density at radius 3 is 2.60 bits per heavy atom. The molecule has 2 rings (SSSR count). The molecular weight excluding hydrogens is 399 g/mol. The van der Waals surface area contributed by atoms with Gasteiger partial charge in [-0.15, -0.1) is 11.8 Å². The molecule has 0 spiro atoms. The van der Waals surface area contributed by atoms with Crippen molar-refractivity contribution in [1.29, 1.82) is 0 Å². The summed E-state index contributed by atoms with van der Waals surface area (Å²) in [6, 6.07) is 14.3. The largest absolute Gasteiger partial charge is 0.357 e. The molecule has 1 amide bonds. The molecule has 0 fully saturated rings. The van der Waals surface area contributed by atoms with E-state index >= 15 is 0 Å². The lowest BCUT2D eigenvalue weighted by Gasteiger charge is -2.13. The zero-order valence-electron chi connectivity index (χ0n) is 18.0. The quantitative estimate of drug-likeness (QED) is 0.261. The first kappa shape index (κ1) is 23.7. The zero-order chi connectivity index (χ0) is 21.8. The molecule has 0 aromatic heterocycles. The van der Waals surface area contributed by atoms with Gasteiger partial charge in [-0.2, -0.15) is 0 Å². The van der Waals surface area contributed by atoms with E-state index in [-0.39, 0.29) is 11.7 Å². The van der Waals surface area contributed by atoms with Gasteiger partial charge in [-0.3, -0.25) is 9.79 Å². The van der Waals surface area contributed by atoms with E-state index in [1.54, 1.807) is 42.9 Å². The highest BCUT2D eigenvalue weighted by Crippen LogP contribution is 2.18. The maximum absolute atomic E-state index is 12.9. The fraction of sp³-hybridized carbons (Fsp3) is 0.391. The van der Waals surface area contributed by atoms with Crippen LogP contribution in [0, 0.1) is 5.82 Å². The monoisotopic (exact) mass is 430 g/mol. The second kappa shape index (κ2) is 12.9. The number of nitrogens with one attached hydrogen (secondary N) is 2. The first-order valence-corrected chi connectivity index (χ1v) is 11.2. The number of halogens is 1. The van der Waals surface area contributed by atoms with E-state index in [4.69, 9.17) is 0 Å². The van der Waals surface area contributed by atoms with Crippen molar-refractivity contribution >= 4 is 23.6 Å². The molecule has 162 valence electrons. The summed E-state index contributed by atoms with van der Waals surface area (Å²) in [5, 5.41) is 6.61. The van der Waals surface area contributed by atoms with Crippen LogP contribution in [0.2, 0.25) is 0 Å². The van der Waals surface area contributed by atoms with Gasteiger partial charge in [0.2, 0.25) is 0 Å². The minimum atomic E-state index is -0.207. The van der Waals surface area contributed by atoms with Crippen molar-refractivity contribution < 1.29 is 9.18 Å². The molecule has 2 aromatic carbocycles. The Kier molecular flexibility index (Phi) is 10.2. The van der Waals surface area contributed by atoms with Crippen LogP contribution in [0.15, 0.2) is 58.4 Å². The van der Waals surface area contributed by atoms with Crippen molar-refractivity contribution in [3.63, 3.8) is 0 Å². The second-order valence-electron chi connectivity index (χ2n) is 6.99. The molecule has 0 unspecified atom stereocenters. The van der Waals surface area contributed by atoms with Crippen LogP contribution < -0.4 is 10.6 Å². The molecule has 0 bridgehead atoms. The van der Waals surface area contributed by atoms with Gasteiger partial charge in [0, 0.05) is 44.2 Å². The average Bonchev–Trinajstić information content (AvgIpc) is 2.74. The van der Waals surface area contributed by atoms with Crippen LogP contribution in [-0.4, -0.2) is 56.2 Å². The summed E-state index contributed by atoms with van der Waals surface area (Å²) in [5.74, 6) is 1.53. The van der Waals surface area contributed by atoms with Crippen LogP contribution in [0.25, 0.3) is 0 Å². The first-order valence-electron chi connectivity index (χ1n) is 10.2. The fourth-order valence-corrected chi connectivity index (χ4v) is 3.60. The summed E-state index contributed by atoms with van der Waals surface area (Å²) in [6.45, 7) is 4.28. The Morgan fingerprint density at radius 1 is 1.13 bits per heavy atom. The number of hydrogen-bond acceptors (Lipinski definition) is 3. The lowest BCUT2D eigenvalue weighted by Crippen LogP contribution is -2.38. The van der Waals surface area contributed by atoms with E-state index in [1.807, 2.05) is 31.2 Å². The topological polar surface area (TPSA) is 56.7 Å². The predicted octanol–water partition coefficient (Wildman–Crippen LogP) is 3.81. The fourth-order valence-electron chi connectivity index (χ4n) is 2.76. The Labute approximate surface area is 183 Å². The van der Waals surface area contributed by atoms with Crippen LogP contribution in [0.5, 0.6) is 0 Å². The predicted molar refractivity (Wildman–Crippen MR) is 124 cm³/mol. The van der Waals surface area contributed by atoms with Gasteiger partial charge in [0.15, 0.2) is 5.96 Å². The van der Waals surface area contributed by atoms with Crippen molar-refractivity contribution in [2.24, 2.45) is 4.99 Å². The van der Waals surface area contributed by atoms with Crippen LogP contribution in [0.1, 0.15) is 29.3 Å². The van der Waals surface area contributed by atoms with Crippen molar-refractivity contribution in [3.8, 4) is 0 Å². The van der Waals surface area contributed by atoms with Gasteiger partial charge in [-0.05, 0) is 67.5 Å². The van der Waals surface area contributed by atoms with Crippen LogP contribution in [-0.2, 0) is 6.42 Å². The molecule has 0 heterocycles. The summed E-state index contributed by atoms with van der Waals surface area (Å²) in [4.78, 5) is 19.4. The summed E-state index contributed by atoms with van der Waals surface area (Å²) in [7, 11) is 3.52. The third-order valence-corrected chi connectivity index (χ3v) is 5.38. The number of guanidine groups is 1. The van der Waals surface area contributed by atoms with Gasteiger partial charge in [0.25, 0.3) is 5.91 Å². The number of carbonyl (C=O) groups is 1. The molecule has 0 aliphatic rings. The standard InChI is InChI=1S/C23H31FN4OS/c1-4-25-23(26-14-6-16-30-21-11-9-20(24)10-12-21)27-15-13-18-7-5-8-19(17-18)22(29)28(2)3/h5,7-12,17H,4,6,13-16H2,1-3H3,(H2,25,26,27). The Balaban J connectivity index is 1.76. The number of nitrogens with zero attached hydrogens (tertiary/aromatic N) is 2. The van der Waals surface area contributed by atoms with Gasteiger partial charge >= 0.3 is 0 Å². The van der Waals surface area contributed by atoms with E-state index in [9.17, 15) is 9.18 Å². The molecule has 0 aliphatic heterocycles. The second-order valence-corrected chi connectivity index (χ2v) is 8.16. The van der Waals surface area contributed by atoms with Gasteiger partial charge in [-0.25, -0.2) is 4.39 Å². The number of amides is 1. The third-order valence-electron chi connectivity index (χ3n) is 4.29. The average molecular weight is 431 g/mol. The molecule has 30 heavy (non-hydrogen) atoms. The zero-order valence-corrected chi connectivity index (χ0v) is 18.8. The highest BCUT2D eigenvalue weighted by Gasteiger charge is 2.08. The maximum Gasteiger partial charge on any atom is 0.253 e. The molecule has 0 saturated heterocycles. The van der Waals surface area contributed by atoms with Gasteiger partial charge < -0.3 is 15.5 Å². The number of aliphatic imine (C=N–C) groups is 1. The first-order chi connectivity index (χ1) is 14.5. The van der Waals surface area contributed by atoms with Gasteiger partial charge in [0.1, 0.15) is 5.82 Å². The summed E-state index contributed by atoms with van der Waals surface area (Å²) in [5.41, 5.74) is 1.82. The molecule has 7 heteroatoms. The van der Waals surface area contributed by atoms with E-state index < -0.39 is 0 Å². The van der Waals surface area contributed by atoms with Crippen molar-refractivity contribution in [2.45, 2.75) is 24.7 Å². The maximum atomic E-state index is 12.9. The molecule has 2 aromatic rings. The summed E-state index contributed by atoms with van der Waals surface area (Å²) >= 11 is 1.71. The van der Waals surface area contributed by atoms with Crippen molar-refractivity contribution in [2.75, 3.05) is 39.5 Å². The van der Waals surface area contributed by atoms with E-state index in [2.05, 4.69) is 15.6 Å². The molecule has 0 radical (unpaired) electrons. The molecule has 0 saturated carbocycles. The van der Waals surface area contributed by atoms with Crippen LogP contribution in [0.3, 0.4) is 0 Å². The number of hydrogen-bond donors (Lipinski definition) is 2. The summed E-state index contributed by atoms with van der Waals surface area (Å²) in [6.07, 6.45) is 1.74. The molecule has 2 N–H and O–H groups in total. The van der Waals surface area contributed by atoms with Crippen molar-refractivity contribution in [1.82, 2.24) is 15.5 Å². The Morgan fingerprint density at radius 2 is 1.90 bits per heavy atom. The van der Waals surface area contributed by atoms with E-state index in [0.717, 1.165) is 54.6 Å². The Bertz CT molecular complexity index is 824. The SMILES string of the molecule is CCNC(=NCCCSc1ccc(F)cc1)NCCc1cccc(C(=O)N(C)C)c1. The summed E-state index contributed by atoms with van der Waals surface area (Å²) < 4.78 is 12.9. The van der Waals surface area contributed by atoms with Crippen molar-refractivity contribution in [3.05, 3.63) is 65.5 Å². The van der Waals surface area contributed by atoms with E-state index in [0.29, 0.717) is 5.56 Å². The lowest BCUT2D eigenvalue weighted by molar-refractivity contribution is 0.0827. The highest BCUT2D eigenvalue weighted by atomic mass is 32.2.